The quantitative estimate of drug-likeness (QED) is 0.286. The van der Waals surface area contributed by atoms with Crippen molar-refractivity contribution in [2.24, 2.45) is 0 Å². The summed E-state index contributed by atoms with van der Waals surface area (Å²) in [5.41, 5.74) is 5.57. The second-order valence-electron chi connectivity index (χ2n) is 9.06. The number of rotatable bonds is 8. The van der Waals surface area contributed by atoms with Gasteiger partial charge in [0, 0.05) is 73.5 Å². The number of nitrogens with zero attached hydrogens (tertiary/aromatic N) is 6. The second-order valence-corrected chi connectivity index (χ2v) is 11.1. The molecule has 0 unspecified atom stereocenters. The van der Waals surface area contributed by atoms with E-state index < -0.39 is 10.2 Å². The Labute approximate surface area is 222 Å². The number of hydrogen-bond acceptors (Lipinski definition) is 7. The van der Waals surface area contributed by atoms with Crippen LogP contribution in [0, 0.1) is 6.92 Å². The molecule has 0 aliphatic carbocycles. The van der Waals surface area contributed by atoms with Crippen molar-refractivity contribution in [3.8, 4) is 16.9 Å². The molecule has 10 heteroatoms. The van der Waals surface area contributed by atoms with Crippen LogP contribution in [-0.2, 0) is 16.8 Å². The minimum Gasteiger partial charge on any atom is -0.497 e. The fraction of sp³-hybridized carbons (Fsp3) is 0.179. The fourth-order valence-corrected chi connectivity index (χ4v) is 5.21. The summed E-state index contributed by atoms with van der Waals surface area (Å²) in [7, 11) is 0.880. The lowest BCUT2D eigenvalue weighted by Gasteiger charge is -2.26. The van der Waals surface area contributed by atoms with Gasteiger partial charge in [-0.25, -0.2) is 8.96 Å². The van der Waals surface area contributed by atoms with E-state index in [2.05, 4.69) is 27.1 Å². The van der Waals surface area contributed by atoms with Crippen molar-refractivity contribution < 1.29 is 13.2 Å². The van der Waals surface area contributed by atoms with Crippen molar-refractivity contribution in [3.05, 3.63) is 97.0 Å². The Morgan fingerprint density at radius 1 is 0.895 bits per heavy atom. The summed E-state index contributed by atoms with van der Waals surface area (Å²) in [4.78, 5) is 15.2. The zero-order valence-electron chi connectivity index (χ0n) is 21.6. The van der Waals surface area contributed by atoms with Gasteiger partial charge in [-0.1, -0.05) is 0 Å². The highest BCUT2D eigenvalue weighted by Crippen LogP contribution is 2.34. The van der Waals surface area contributed by atoms with Crippen molar-refractivity contribution in [3.63, 3.8) is 0 Å². The summed E-state index contributed by atoms with van der Waals surface area (Å²) >= 11 is 0. The van der Waals surface area contributed by atoms with Crippen LogP contribution in [0.1, 0.15) is 11.4 Å². The van der Waals surface area contributed by atoms with Crippen molar-refractivity contribution >= 4 is 32.5 Å². The van der Waals surface area contributed by atoms with Gasteiger partial charge < -0.3 is 9.64 Å². The Morgan fingerprint density at radius 3 is 2.42 bits per heavy atom. The minimum atomic E-state index is -3.75. The van der Waals surface area contributed by atoms with Crippen molar-refractivity contribution in [1.29, 1.82) is 0 Å². The molecule has 3 heterocycles. The van der Waals surface area contributed by atoms with Gasteiger partial charge in [-0.05, 0) is 66.6 Å². The maximum absolute atomic E-state index is 13.0. The third-order valence-electron chi connectivity index (χ3n) is 6.26. The normalized spacial score (nSPS) is 11.7. The maximum atomic E-state index is 13.0. The molecular formula is C28H28N6O3S. The summed E-state index contributed by atoms with van der Waals surface area (Å²) in [5.74, 6) is 1.08. The highest BCUT2D eigenvalue weighted by atomic mass is 32.2. The van der Waals surface area contributed by atoms with E-state index in [1.54, 1.807) is 19.5 Å². The van der Waals surface area contributed by atoms with Crippen LogP contribution in [0.5, 0.6) is 5.75 Å². The van der Waals surface area contributed by atoms with Crippen LogP contribution in [-0.4, -0.2) is 52.9 Å². The molecule has 0 N–H and O–H groups in total. The smallest absolute Gasteiger partial charge is 0.308 e. The van der Waals surface area contributed by atoms with E-state index in [1.165, 1.54) is 34.8 Å². The predicted molar refractivity (Wildman–Crippen MR) is 149 cm³/mol. The standard InChI is InChI=1S/C28H28N6O3S/c1-20-13-25(17-26(14-20)37-4)33(19-28-30-11-12-34(28)38(35,36)32(2)3)24-5-6-27-22(16-24)15-23(18-31-27)21-7-9-29-10-8-21/h5-18H,19H2,1-4H3. The molecule has 5 rings (SSSR count). The molecule has 2 aromatic carbocycles. The summed E-state index contributed by atoms with van der Waals surface area (Å²) < 4.78 is 33.8. The average molecular weight is 529 g/mol. The van der Waals surface area contributed by atoms with Gasteiger partial charge in [-0.2, -0.15) is 12.7 Å². The lowest BCUT2D eigenvalue weighted by Crippen LogP contribution is -2.31. The molecule has 0 atom stereocenters. The average Bonchev–Trinajstić information content (AvgIpc) is 3.40. The number of imidazole rings is 1. The Bertz CT molecular complexity index is 1700. The van der Waals surface area contributed by atoms with Crippen LogP contribution in [0.2, 0.25) is 0 Å². The molecule has 0 aliphatic rings. The Balaban J connectivity index is 1.64. The lowest BCUT2D eigenvalue weighted by atomic mass is 10.1. The van der Waals surface area contributed by atoms with Crippen LogP contribution < -0.4 is 9.64 Å². The molecule has 0 saturated heterocycles. The van der Waals surface area contributed by atoms with Gasteiger partial charge in [0.25, 0.3) is 0 Å². The topological polar surface area (TPSA) is 93.5 Å². The number of anilines is 2. The Morgan fingerprint density at radius 2 is 1.68 bits per heavy atom. The molecule has 0 amide bonds. The highest BCUT2D eigenvalue weighted by molar-refractivity contribution is 7.87. The van der Waals surface area contributed by atoms with Crippen molar-refractivity contribution in [1.82, 2.24) is 23.2 Å². The molecule has 0 aliphatic heterocycles. The number of pyridine rings is 2. The monoisotopic (exact) mass is 528 g/mol. The number of hydrogen-bond donors (Lipinski definition) is 0. The first kappa shape index (κ1) is 25.4. The fourth-order valence-electron chi connectivity index (χ4n) is 4.28. The summed E-state index contributed by atoms with van der Waals surface area (Å²) in [5, 5.41) is 0.950. The zero-order chi connectivity index (χ0) is 26.9. The summed E-state index contributed by atoms with van der Waals surface area (Å²) in [6.07, 6.45) is 8.32. The predicted octanol–water partition coefficient (Wildman–Crippen LogP) is 4.80. The number of aryl methyl sites for hydroxylation is 1. The first-order valence-corrected chi connectivity index (χ1v) is 13.3. The van der Waals surface area contributed by atoms with Crippen molar-refractivity contribution in [2.75, 3.05) is 26.1 Å². The molecular weight excluding hydrogens is 500 g/mol. The molecule has 0 spiro atoms. The molecule has 3 aromatic heterocycles. The van der Waals surface area contributed by atoms with Gasteiger partial charge in [0.05, 0.1) is 19.2 Å². The van der Waals surface area contributed by atoms with E-state index in [0.29, 0.717) is 11.6 Å². The van der Waals surface area contributed by atoms with Crippen LogP contribution >= 0.6 is 0 Å². The first-order chi connectivity index (χ1) is 18.3. The van der Waals surface area contributed by atoms with E-state index in [9.17, 15) is 8.42 Å². The van der Waals surface area contributed by atoms with Crippen LogP contribution in [0.15, 0.2) is 85.6 Å². The molecule has 9 nitrogen and oxygen atoms in total. The van der Waals surface area contributed by atoms with Gasteiger partial charge in [0.15, 0.2) is 0 Å². The molecule has 38 heavy (non-hydrogen) atoms. The highest BCUT2D eigenvalue weighted by Gasteiger charge is 2.23. The summed E-state index contributed by atoms with van der Waals surface area (Å²) in [6.45, 7) is 2.20. The maximum Gasteiger partial charge on any atom is 0.308 e. The van der Waals surface area contributed by atoms with Gasteiger partial charge in [0.1, 0.15) is 11.6 Å². The SMILES string of the molecule is COc1cc(C)cc(N(Cc2nccn2S(=O)(=O)N(C)C)c2ccc3ncc(-c4ccncc4)cc3c2)c1. The third kappa shape index (κ3) is 4.96. The zero-order valence-corrected chi connectivity index (χ0v) is 22.4. The largest absolute Gasteiger partial charge is 0.497 e. The third-order valence-corrected chi connectivity index (χ3v) is 8.02. The molecule has 0 fully saturated rings. The molecule has 0 saturated carbocycles. The van der Waals surface area contributed by atoms with Crippen LogP contribution in [0.3, 0.4) is 0 Å². The number of benzene rings is 2. The van der Waals surface area contributed by atoms with Gasteiger partial charge in [0.2, 0.25) is 0 Å². The number of fused-ring (bicyclic) bond motifs is 1. The molecule has 5 aromatic rings. The van der Waals surface area contributed by atoms with E-state index in [-0.39, 0.29) is 6.54 Å². The second kappa shape index (κ2) is 10.2. The van der Waals surface area contributed by atoms with Gasteiger partial charge >= 0.3 is 10.2 Å². The van der Waals surface area contributed by atoms with Crippen LogP contribution in [0.4, 0.5) is 11.4 Å². The number of methoxy groups -OCH3 is 1. The van der Waals surface area contributed by atoms with E-state index >= 15 is 0 Å². The van der Waals surface area contributed by atoms with Gasteiger partial charge in [-0.3, -0.25) is 9.97 Å². The lowest BCUT2D eigenvalue weighted by molar-refractivity contribution is 0.414. The molecule has 0 radical (unpaired) electrons. The van der Waals surface area contributed by atoms with Crippen molar-refractivity contribution in [2.45, 2.75) is 13.5 Å². The Kier molecular flexibility index (Phi) is 6.83. The minimum absolute atomic E-state index is 0.204. The number of aromatic nitrogens is 4. The van der Waals surface area contributed by atoms with E-state index in [0.717, 1.165) is 39.0 Å². The van der Waals surface area contributed by atoms with E-state index in [1.807, 2.05) is 60.5 Å². The van der Waals surface area contributed by atoms with E-state index in [4.69, 9.17) is 4.74 Å². The molecule has 0 bridgehead atoms. The first-order valence-electron chi connectivity index (χ1n) is 11.9. The van der Waals surface area contributed by atoms with Gasteiger partial charge in [-0.15, -0.1) is 0 Å². The number of ether oxygens (including phenoxy) is 1. The molecule has 194 valence electrons. The van der Waals surface area contributed by atoms with Crippen LogP contribution in [0.25, 0.3) is 22.0 Å². The Hall–Kier alpha value is -4.28. The summed E-state index contributed by atoms with van der Waals surface area (Å²) in [6, 6.07) is 17.9.